The van der Waals surface area contributed by atoms with E-state index in [-0.39, 0.29) is 29.2 Å². The molecule has 0 aliphatic heterocycles. The molecule has 0 heterocycles. The fraction of sp³-hybridized carbons (Fsp3) is 0.0400. The van der Waals surface area contributed by atoms with Crippen molar-refractivity contribution < 1.29 is 16.8 Å². The molecule has 0 N–H and O–H groups in total. The van der Waals surface area contributed by atoms with Crippen molar-refractivity contribution in [2.45, 2.75) is 6.16 Å². The summed E-state index contributed by atoms with van der Waals surface area (Å²) in [5.74, 6) is 0. The molecule has 0 spiro atoms. The Morgan fingerprint density at radius 2 is 0.714 bits per heavy atom. The average molecular weight is 449 g/mol. The van der Waals surface area contributed by atoms with Crippen molar-refractivity contribution in [2.24, 2.45) is 0 Å². The van der Waals surface area contributed by atoms with Crippen LogP contribution in [-0.4, -0.2) is 0 Å². The molecule has 143 valence electrons. The van der Waals surface area contributed by atoms with Gasteiger partial charge in [0.05, 0.1) is 6.16 Å². The number of benzene rings is 4. The molecule has 0 atom stereocenters. The van der Waals surface area contributed by atoms with Crippen LogP contribution in [0, 0.1) is 0 Å². The van der Waals surface area contributed by atoms with Gasteiger partial charge in [0.1, 0.15) is 23.2 Å². The summed E-state index contributed by atoms with van der Waals surface area (Å²) < 4.78 is 0. The van der Waals surface area contributed by atoms with Gasteiger partial charge in [0.25, 0.3) is 0 Å². The Kier molecular flexibility index (Phi) is 8.48. The standard InChI is InChI=1S/C25H22P.ClH.Co/c1-5-13-22(14-6-1)21-26(23-15-7-2-8-16-23,24-17-9-3-10-18-24)25-19-11-4-12-20-25;;/h1-20H,21H2;1H;/q+1;;. The first-order valence-electron chi connectivity index (χ1n) is 8.98. The molecule has 0 amide bonds. The van der Waals surface area contributed by atoms with E-state index in [2.05, 4.69) is 121 Å². The van der Waals surface area contributed by atoms with Crippen molar-refractivity contribution in [3.8, 4) is 0 Å². The van der Waals surface area contributed by atoms with Gasteiger partial charge in [0.2, 0.25) is 0 Å². The first-order valence-corrected chi connectivity index (χ1v) is 11.0. The first kappa shape index (κ1) is 22.4. The largest absolute Gasteiger partial charge is 0.147 e. The molecule has 0 aliphatic rings. The van der Waals surface area contributed by atoms with E-state index in [0.717, 1.165) is 6.16 Å². The summed E-state index contributed by atoms with van der Waals surface area (Å²) in [4.78, 5) is 0. The SMILES string of the molecule is Cl.[Co].c1ccc(C[P+](c2ccccc2)(c2ccccc2)c2ccccc2)cc1. The van der Waals surface area contributed by atoms with E-state index in [1.165, 1.54) is 21.5 Å². The molecular weight excluding hydrogens is 426 g/mol. The summed E-state index contributed by atoms with van der Waals surface area (Å²) in [5, 5.41) is 4.30. The summed E-state index contributed by atoms with van der Waals surface area (Å²) in [5.41, 5.74) is 1.39. The van der Waals surface area contributed by atoms with Crippen LogP contribution in [0.5, 0.6) is 0 Å². The Balaban J connectivity index is 0.00000140. The van der Waals surface area contributed by atoms with Crippen LogP contribution in [0.15, 0.2) is 121 Å². The normalized spacial score (nSPS) is 10.4. The number of rotatable bonds is 5. The van der Waals surface area contributed by atoms with Gasteiger partial charge >= 0.3 is 0 Å². The molecular formula is C25H23ClCoP+. The second-order valence-corrected chi connectivity index (χ2v) is 9.95. The maximum absolute atomic E-state index is 2.30. The van der Waals surface area contributed by atoms with Crippen LogP contribution in [0.4, 0.5) is 0 Å². The van der Waals surface area contributed by atoms with Gasteiger partial charge in [-0.25, -0.2) is 0 Å². The second-order valence-electron chi connectivity index (χ2n) is 6.46. The zero-order valence-electron chi connectivity index (χ0n) is 15.4. The van der Waals surface area contributed by atoms with Gasteiger partial charge in [-0.15, -0.1) is 12.4 Å². The fourth-order valence-electron chi connectivity index (χ4n) is 3.63. The Morgan fingerprint density at radius 1 is 0.429 bits per heavy atom. The Morgan fingerprint density at radius 3 is 1.04 bits per heavy atom. The van der Waals surface area contributed by atoms with Crippen molar-refractivity contribution >= 4 is 35.6 Å². The second kappa shape index (κ2) is 10.6. The maximum Gasteiger partial charge on any atom is 0.116 e. The summed E-state index contributed by atoms with van der Waals surface area (Å²) in [6.07, 6.45) is 1.03. The van der Waals surface area contributed by atoms with Crippen LogP contribution in [0.3, 0.4) is 0 Å². The molecule has 28 heavy (non-hydrogen) atoms. The Bertz CT molecular complexity index is 848. The van der Waals surface area contributed by atoms with Crippen molar-refractivity contribution in [3.05, 3.63) is 127 Å². The molecule has 0 fully saturated rings. The molecule has 0 saturated heterocycles. The summed E-state index contributed by atoms with van der Waals surface area (Å²) in [7, 11) is -1.78. The molecule has 0 aliphatic carbocycles. The third kappa shape index (κ3) is 4.56. The minimum Gasteiger partial charge on any atom is -0.147 e. The summed E-state index contributed by atoms with van der Waals surface area (Å²) in [6, 6.07) is 44.0. The van der Waals surface area contributed by atoms with Gasteiger partial charge in [0.15, 0.2) is 0 Å². The van der Waals surface area contributed by atoms with Gasteiger partial charge in [-0.05, 0) is 42.0 Å². The predicted octanol–water partition coefficient (Wildman–Crippen LogP) is 5.60. The maximum atomic E-state index is 2.30. The first-order chi connectivity index (χ1) is 12.9. The quantitative estimate of drug-likeness (QED) is 0.349. The van der Waals surface area contributed by atoms with E-state index in [0.29, 0.717) is 0 Å². The van der Waals surface area contributed by atoms with E-state index in [9.17, 15) is 0 Å². The molecule has 4 rings (SSSR count). The monoisotopic (exact) mass is 448 g/mol. The van der Waals surface area contributed by atoms with Crippen molar-refractivity contribution in [2.75, 3.05) is 0 Å². The van der Waals surface area contributed by atoms with Gasteiger partial charge in [0, 0.05) is 16.8 Å². The Labute approximate surface area is 185 Å². The fourth-order valence-corrected chi connectivity index (χ4v) is 7.87. The van der Waals surface area contributed by atoms with Crippen molar-refractivity contribution in [3.63, 3.8) is 0 Å². The summed E-state index contributed by atoms with van der Waals surface area (Å²) >= 11 is 0. The van der Waals surface area contributed by atoms with E-state index < -0.39 is 7.26 Å². The minimum absolute atomic E-state index is 0. The van der Waals surface area contributed by atoms with Crippen LogP contribution in [0.2, 0.25) is 0 Å². The molecule has 0 unspecified atom stereocenters. The van der Waals surface area contributed by atoms with Crippen LogP contribution in [-0.2, 0) is 22.9 Å². The molecule has 4 aromatic rings. The zero-order chi connectivity index (χ0) is 17.7. The average Bonchev–Trinajstić information content (AvgIpc) is 2.75. The van der Waals surface area contributed by atoms with E-state index >= 15 is 0 Å². The van der Waals surface area contributed by atoms with Crippen molar-refractivity contribution in [1.82, 2.24) is 0 Å². The van der Waals surface area contributed by atoms with Gasteiger partial charge < -0.3 is 0 Å². The van der Waals surface area contributed by atoms with E-state index in [1.54, 1.807) is 0 Å². The zero-order valence-corrected chi connectivity index (χ0v) is 18.2. The van der Waals surface area contributed by atoms with Crippen molar-refractivity contribution in [1.29, 1.82) is 0 Å². The smallest absolute Gasteiger partial charge is 0.116 e. The molecule has 0 saturated carbocycles. The number of hydrogen-bond donors (Lipinski definition) is 0. The topological polar surface area (TPSA) is 0 Å². The van der Waals surface area contributed by atoms with Gasteiger partial charge in [-0.2, -0.15) is 0 Å². The predicted molar refractivity (Wildman–Crippen MR) is 123 cm³/mol. The molecule has 0 nitrogen and oxygen atoms in total. The minimum atomic E-state index is -1.78. The van der Waals surface area contributed by atoms with Crippen LogP contribution < -0.4 is 15.9 Å². The number of hydrogen-bond acceptors (Lipinski definition) is 0. The molecule has 4 aromatic carbocycles. The summed E-state index contributed by atoms with van der Waals surface area (Å²) in [6.45, 7) is 0. The van der Waals surface area contributed by atoms with Gasteiger partial charge in [-0.1, -0.05) is 84.9 Å². The molecule has 0 bridgehead atoms. The third-order valence-electron chi connectivity index (χ3n) is 4.85. The molecule has 0 aromatic heterocycles. The van der Waals surface area contributed by atoms with Crippen LogP contribution in [0.25, 0.3) is 0 Å². The van der Waals surface area contributed by atoms with E-state index in [4.69, 9.17) is 0 Å². The molecule has 1 radical (unpaired) electrons. The third-order valence-corrected chi connectivity index (χ3v) is 9.23. The Hall–Kier alpha value is -1.89. The molecule has 3 heteroatoms. The van der Waals surface area contributed by atoms with Crippen LogP contribution in [0.1, 0.15) is 5.56 Å². The van der Waals surface area contributed by atoms with Crippen LogP contribution >= 0.6 is 19.7 Å². The van der Waals surface area contributed by atoms with E-state index in [1.807, 2.05) is 0 Å². The van der Waals surface area contributed by atoms with Gasteiger partial charge in [-0.3, -0.25) is 0 Å². The number of halogens is 1.